The van der Waals surface area contributed by atoms with Crippen LogP contribution in [0.3, 0.4) is 0 Å². The van der Waals surface area contributed by atoms with Crippen molar-refractivity contribution in [1.82, 2.24) is 14.8 Å². The summed E-state index contributed by atoms with van der Waals surface area (Å²) in [6.07, 6.45) is 4.47. The van der Waals surface area contributed by atoms with Gasteiger partial charge in [0.25, 0.3) is 0 Å². The molecule has 0 spiro atoms. The minimum absolute atomic E-state index is 0.331. The van der Waals surface area contributed by atoms with Crippen LogP contribution in [0.5, 0.6) is 0 Å². The first-order valence-corrected chi connectivity index (χ1v) is 20.5. The summed E-state index contributed by atoms with van der Waals surface area (Å²) in [6.45, 7) is 26.8. The first kappa shape index (κ1) is 45.2. The second-order valence-corrected chi connectivity index (χ2v) is 12.2. The summed E-state index contributed by atoms with van der Waals surface area (Å²) in [5.74, 6) is 1.69. The Balaban J connectivity index is 0.000000383. The van der Waals surface area contributed by atoms with Gasteiger partial charge in [0.1, 0.15) is 0 Å². The maximum absolute atomic E-state index is 6.19. The molecule has 0 aliphatic rings. The lowest BCUT2D eigenvalue weighted by molar-refractivity contribution is 0.422. The number of fused-ring (bicyclic) bond motifs is 3. The molecule has 0 saturated heterocycles. The number of nitrogens with zero attached hydrogens (tertiary/aromatic N) is 3. The Hall–Kier alpha value is -4.96. The number of aromatic nitrogens is 3. The zero-order valence-electron chi connectivity index (χ0n) is 35.6. The van der Waals surface area contributed by atoms with E-state index in [1.54, 1.807) is 0 Å². The third-order valence-electron chi connectivity index (χ3n) is 8.92. The Kier molecular flexibility index (Phi) is 20.4. The lowest BCUT2D eigenvalue weighted by Crippen LogP contribution is -1.97. The van der Waals surface area contributed by atoms with Crippen LogP contribution < -0.4 is 0 Å². The Morgan fingerprint density at radius 1 is 0.574 bits per heavy atom. The average Bonchev–Trinajstić information content (AvgIpc) is 3.86. The Labute approximate surface area is 327 Å². The van der Waals surface area contributed by atoms with E-state index in [4.69, 9.17) is 4.42 Å². The minimum Gasteiger partial charge on any atom is -0.420 e. The Morgan fingerprint density at radius 3 is 1.54 bits per heavy atom. The SMILES string of the molecule is CC.CC.CC.CC.CCCCC(CC)c1nnc(-c2cc(C)cc(-n3c4ccccc4c4ccccc43)c2)o1.Cc1ccccc1-c1ccccc1C. The van der Waals surface area contributed by atoms with Gasteiger partial charge in [0.15, 0.2) is 0 Å². The number of hydrogen-bond acceptors (Lipinski definition) is 3. The summed E-state index contributed by atoms with van der Waals surface area (Å²) < 4.78 is 8.52. The van der Waals surface area contributed by atoms with Crippen molar-refractivity contribution in [3.63, 3.8) is 0 Å². The third kappa shape index (κ3) is 11.3. The molecule has 0 bridgehead atoms. The van der Waals surface area contributed by atoms with Crippen molar-refractivity contribution in [3.05, 3.63) is 138 Å². The average molecular weight is 726 g/mol. The highest BCUT2D eigenvalue weighted by Gasteiger charge is 2.19. The molecule has 0 fully saturated rings. The summed E-state index contributed by atoms with van der Waals surface area (Å²) in [5, 5.41) is 11.4. The number of aryl methyl sites for hydroxylation is 3. The zero-order chi connectivity index (χ0) is 40.0. The van der Waals surface area contributed by atoms with E-state index in [0.717, 1.165) is 35.5 Å². The molecule has 0 N–H and O–H groups in total. The molecule has 288 valence electrons. The standard InChI is InChI=1S/C28H29N3O.C14H14.4C2H6/c1-4-6-11-20(5-2)27-29-30-28(32-27)21-16-19(3)17-22(18-21)31-25-14-9-7-12-23(25)24-13-8-10-15-26(24)31;1-11-7-3-5-9-13(11)14-10-6-4-8-12(14)2;4*1-2/h7-10,12-18,20H,4-6,11H2,1-3H3;3-10H,1-2H3;4*1-2H3. The van der Waals surface area contributed by atoms with Crippen molar-refractivity contribution < 1.29 is 4.42 Å². The van der Waals surface area contributed by atoms with Gasteiger partial charge >= 0.3 is 0 Å². The van der Waals surface area contributed by atoms with Gasteiger partial charge in [-0.3, -0.25) is 0 Å². The number of para-hydroxylation sites is 2. The van der Waals surface area contributed by atoms with Crippen molar-refractivity contribution in [2.24, 2.45) is 0 Å². The molecule has 0 aliphatic carbocycles. The van der Waals surface area contributed by atoms with Crippen molar-refractivity contribution in [2.45, 2.75) is 122 Å². The van der Waals surface area contributed by atoms with E-state index in [9.17, 15) is 0 Å². The van der Waals surface area contributed by atoms with Crippen LogP contribution in [0.4, 0.5) is 0 Å². The first-order valence-electron chi connectivity index (χ1n) is 20.5. The molecular weight excluding hydrogens is 659 g/mol. The molecule has 7 rings (SSSR count). The van der Waals surface area contributed by atoms with Gasteiger partial charge in [-0.15, -0.1) is 10.2 Å². The zero-order valence-corrected chi connectivity index (χ0v) is 35.6. The van der Waals surface area contributed by atoms with Crippen LogP contribution in [-0.2, 0) is 0 Å². The van der Waals surface area contributed by atoms with Gasteiger partial charge in [0.05, 0.1) is 11.0 Å². The molecule has 0 radical (unpaired) electrons. The summed E-state index contributed by atoms with van der Waals surface area (Å²) in [4.78, 5) is 0. The minimum atomic E-state index is 0.331. The van der Waals surface area contributed by atoms with Crippen LogP contribution in [0.1, 0.15) is 123 Å². The molecule has 2 aromatic heterocycles. The van der Waals surface area contributed by atoms with Crippen molar-refractivity contribution in [1.29, 1.82) is 0 Å². The van der Waals surface area contributed by atoms with E-state index in [1.807, 2.05) is 55.4 Å². The lowest BCUT2D eigenvalue weighted by atomic mass is 9.97. The predicted octanol–water partition coefficient (Wildman–Crippen LogP) is 15.9. The second kappa shape index (κ2) is 24.4. The normalized spacial score (nSPS) is 10.5. The predicted molar refractivity (Wildman–Crippen MR) is 238 cm³/mol. The van der Waals surface area contributed by atoms with Crippen LogP contribution in [0.2, 0.25) is 0 Å². The molecule has 2 heterocycles. The van der Waals surface area contributed by atoms with E-state index < -0.39 is 0 Å². The lowest BCUT2D eigenvalue weighted by Gasteiger charge is -2.11. The van der Waals surface area contributed by atoms with Gasteiger partial charge < -0.3 is 8.98 Å². The molecule has 0 saturated carbocycles. The second-order valence-electron chi connectivity index (χ2n) is 12.2. The number of unbranched alkanes of at least 4 members (excludes halogenated alkanes) is 1. The van der Waals surface area contributed by atoms with Crippen molar-refractivity contribution in [2.75, 3.05) is 0 Å². The van der Waals surface area contributed by atoms with E-state index in [0.29, 0.717) is 11.8 Å². The molecule has 54 heavy (non-hydrogen) atoms. The van der Waals surface area contributed by atoms with Gasteiger partial charge in [0.2, 0.25) is 11.8 Å². The third-order valence-corrected chi connectivity index (χ3v) is 8.92. The first-order chi connectivity index (χ1) is 26.5. The van der Waals surface area contributed by atoms with Crippen molar-refractivity contribution >= 4 is 21.8 Å². The Bertz CT molecular complexity index is 1990. The molecule has 5 aromatic carbocycles. The van der Waals surface area contributed by atoms with Crippen LogP contribution >= 0.6 is 0 Å². The number of benzene rings is 5. The van der Waals surface area contributed by atoms with Crippen LogP contribution in [0.15, 0.2) is 120 Å². The molecule has 4 nitrogen and oxygen atoms in total. The summed E-state index contributed by atoms with van der Waals surface area (Å²) in [6, 6.07) is 40.7. The highest BCUT2D eigenvalue weighted by Crippen LogP contribution is 2.34. The smallest absolute Gasteiger partial charge is 0.247 e. The molecule has 0 aliphatic heterocycles. The summed E-state index contributed by atoms with van der Waals surface area (Å²) >= 11 is 0. The summed E-state index contributed by atoms with van der Waals surface area (Å²) in [5.41, 5.74) is 11.0. The number of hydrogen-bond donors (Lipinski definition) is 0. The van der Waals surface area contributed by atoms with Crippen molar-refractivity contribution in [3.8, 4) is 28.3 Å². The van der Waals surface area contributed by atoms with Gasteiger partial charge in [-0.2, -0.15) is 0 Å². The van der Waals surface area contributed by atoms with E-state index in [2.05, 4.69) is 165 Å². The summed E-state index contributed by atoms with van der Waals surface area (Å²) in [7, 11) is 0. The van der Waals surface area contributed by atoms with E-state index in [-0.39, 0.29) is 0 Å². The molecule has 0 amide bonds. The molecule has 1 atom stereocenters. The van der Waals surface area contributed by atoms with Crippen LogP contribution in [0, 0.1) is 20.8 Å². The van der Waals surface area contributed by atoms with Crippen LogP contribution in [0.25, 0.3) is 50.1 Å². The fourth-order valence-electron chi connectivity index (χ4n) is 6.44. The molecule has 4 heteroatoms. The molecular formula is C50H67N3O. The maximum atomic E-state index is 6.19. The highest BCUT2D eigenvalue weighted by atomic mass is 16.4. The largest absolute Gasteiger partial charge is 0.420 e. The van der Waals surface area contributed by atoms with Crippen LogP contribution in [-0.4, -0.2) is 14.8 Å². The Morgan fingerprint density at radius 2 is 1.06 bits per heavy atom. The maximum Gasteiger partial charge on any atom is 0.247 e. The number of rotatable bonds is 8. The molecule has 1 unspecified atom stereocenters. The quantitative estimate of drug-likeness (QED) is 0.157. The van der Waals surface area contributed by atoms with Gasteiger partial charge in [-0.05, 0) is 91.8 Å². The van der Waals surface area contributed by atoms with E-state index >= 15 is 0 Å². The topological polar surface area (TPSA) is 43.9 Å². The fraction of sp³-hybridized carbons (Fsp3) is 0.360. The van der Waals surface area contributed by atoms with Gasteiger partial charge in [0, 0.05) is 27.9 Å². The fourth-order valence-corrected chi connectivity index (χ4v) is 6.44. The molecule has 7 aromatic rings. The highest BCUT2D eigenvalue weighted by molar-refractivity contribution is 6.09. The monoisotopic (exact) mass is 726 g/mol. The van der Waals surface area contributed by atoms with Gasteiger partial charge in [-0.25, -0.2) is 0 Å². The van der Waals surface area contributed by atoms with Gasteiger partial charge in [-0.1, -0.05) is 167 Å². The van der Waals surface area contributed by atoms with E-state index in [1.165, 1.54) is 56.9 Å².